The number of rotatable bonds is 2. The molecule has 0 spiro atoms. The van der Waals surface area contributed by atoms with Crippen LogP contribution in [0.2, 0.25) is 0 Å². The lowest BCUT2D eigenvalue weighted by Crippen LogP contribution is -2.56. The molecule has 1 aromatic carbocycles. The van der Waals surface area contributed by atoms with Crippen molar-refractivity contribution in [3.63, 3.8) is 0 Å². The lowest BCUT2D eigenvalue weighted by molar-refractivity contribution is -0.133. The van der Waals surface area contributed by atoms with Crippen LogP contribution >= 0.6 is 0 Å². The summed E-state index contributed by atoms with van der Waals surface area (Å²) in [5.41, 5.74) is 0.473. The minimum absolute atomic E-state index is 0.000880. The van der Waals surface area contributed by atoms with Gasteiger partial charge >= 0.3 is 0 Å². The van der Waals surface area contributed by atoms with E-state index in [0.717, 1.165) is 6.54 Å². The van der Waals surface area contributed by atoms with E-state index >= 15 is 0 Å². The SMILES string of the molecule is CC1CN(C(=O)Cc2ccccc2F)C(C)CN1. The largest absolute Gasteiger partial charge is 0.337 e. The van der Waals surface area contributed by atoms with Crippen molar-refractivity contribution in [1.82, 2.24) is 10.2 Å². The van der Waals surface area contributed by atoms with Gasteiger partial charge in [0.1, 0.15) is 5.82 Å². The first-order valence-corrected chi connectivity index (χ1v) is 6.34. The van der Waals surface area contributed by atoms with E-state index in [1.54, 1.807) is 18.2 Å². The maximum absolute atomic E-state index is 13.5. The number of piperazine rings is 1. The first kappa shape index (κ1) is 13.0. The zero-order chi connectivity index (χ0) is 13.1. The standard InChI is InChI=1S/C14H19FN2O/c1-10-9-17(11(2)8-16-10)14(18)7-12-5-3-4-6-13(12)15/h3-6,10-11,16H,7-9H2,1-2H3. The van der Waals surface area contributed by atoms with Crippen LogP contribution in [-0.2, 0) is 11.2 Å². The first-order valence-electron chi connectivity index (χ1n) is 6.34. The van der Waals surface area contributed by atoms with Gasteiger partial charge in [0.25, 0.3) is 0 Å². The Morgan fingerprint density at radius 3 is 2.89 bits per heavy atom. The van der Waals surface area contributed by atoms with Crippen LogP contribution in [0.25, 0.3) is 0 Å². The summed E-state index contributed by atoms with van der Waals surface area (Å²) in [6, 6.07) is 6.93. The Hall–Kier alpha value is -1.42. The highest BCUT2D eigenvalue weighted by atomic mass is 19.1. The minimum Gasteiger partial charge on any atom is -0.337 e. The van der Waals surface area contributed by atoms with E-state index in [2.05, 4.69) is 12.2 Å². The molecule has 1 N–H and O–H groups in total. The number of amides is 1. The van der Waals surface area contributed by atoms with Crippen molar-refractivity contribution in [2.75, 3.05) is 13.1 Å². The molecular weight excluding hydrogens is 231 g/mol. The van der Waals surface area contributed by atoms with Gasteiger partial charge in [-0.25, -0.2) is 4.39 Å². The fraction of sp³-hybridized carbons (Fsp3) is 0.500. The Morgan fingerprint density at radius 1 is 1.44 bits per heavy atom. The number of hydrogen-bond donors (Lipinski definition) is 1. The molecular formula is C14H19FN2O. The van der Waals surface area contributed by atoms with Crippen LogP contribution in [0.15, 0.2) is 24.3 Å². The number of benzene rings is 1. The summed E-state index contributed by atoms with van der Waals surface area (Å²) in [4.78, 5) is 14.0. The average molecular weight is 250 g/mol. The second kappa shape index (κ2) is 5.48. The van der Waals surface area contributed by atoms with Crippen molar-refractivity contribution >= 4 is 5.91 Å². The predicted octanol–water partition coefficient (Wildman–Crippen LogP) is 1.58. The molecule has 4 heteroatoms. The van der Waals surface area contributed by atoms with Crippen LogP contribution < -0.4 is 5.32 Å². The molecule has 1 saturated heterocycles. The predicted molar refractivity (Wildman–Crippen MR) is 68.7 cm³/mol. The number of nitrogens with one attached hydrogen (secondary N) is 1. The first-order chi connectivity index (χ1) is 8.58. The highest BCUT2D eigenvalue weighted by molar-refractivity contribution is 5.79. The van der Waals surface area contributed by atoms with Gasteiger partial charge in [0.2, 0.25) is 5.91 Å². The van der Waals surface area contributed by atoms with Gasteiger partial charge in [-0.05, 0) is 25.5 Å². The van der Waals surface area contributed by atoms with Gasteiger partial charge in [-0.1, -0.05) is 18.2 Å². The zero-order valence-electron chi connectivity index (χ0n) is 10.8. The maximum Gasteiger partial charge on any atom is 0.227 e. The quantitative estimate of drug-likeness (QED) is 0.864. The molecule has 98 valence electrons. The molecule has 0 aliphatic carbocycles. The van der Waals surface area contributed by atoms with E-state index in [1.165, 1.54) is 6.07 Å². The molecule has 0 bridgehead atoms. The topological polar surface area (TPSA) is 32.3 Å². The van der Waals surface area contributed by atoms with E-state index in [-0.39, 0.29) is 24.2 Å². The van der Waals surface area contributed by atoms with Gasteiger partial charge in [-0.3, -0.25) is 4.79 Å². The van der Waals surface area contributed by atoms with Crippen LogP contribution in [0.4, 0.5) is 4.39 Å². The summed E-state index contributed by atoms with van der Waals surface area (Å²) in [5, 5.41) is 3.32. The Labute approximate surface area is 107 Å². The van der Waals surface area contributed by atoms with E-state index in [9.17, 15) is 9.18 Å². The van der Waals surface area contributed by atoms with E-state index in [1.807, 2.05) is 11.8 Å². The zero-order valence-corrected chi connectivity index (χ0v) is 10.8. The maximum atomic E-state index is 13.5. The monoisotopic (exact) mass is 250 g/mol. The third-order valence-electron chi connectivity index (χ3n) is 3.38. The molecule has 1 aliphatic heterocycles. The molecule has 1 heterocycles. The second-order valence-electron chi connectivity index (χ2n) is 4.97. The molecule has 0 radical (unpaired) electrons. The van der Waals surface area contributed by atoms with Crippen LogP contribution in [0.1, 0.15) is 19.4 Å². The smallest absolute Gasteiger partial charge is 0.227 e. The molecule has 3 nitrogen and oxygen atoms in total. The molecule has 2 rings (SSSR count). The van der Waals surface area contributed by atoms with Crippen LogP contribution in [0, 0.1) is 5.82 Å². The van der Waals surface area contributed by atoms with Gasteiger partial charge in [0.15, 0.2) is 0 Å². The normalized spacial score (nSPS) is 24.1. The lowest BCUT2D eigenvalue weighted by atomic mass is 10.1. The number of carbonyl (C=O) groups excluding carboxylic acids is 1. The van der Waals surface area contributed by atoms with Crippen molar-refractivity contribution in [3.05, 3.63) is 35.6 Å². The Morgan fingerprint density at radius 2 is 2.17 bits per heavy atom. The molecule has 18 heavy (non-hydrogen) atoms. The molecule has 0 aromatic heterocycles. The van der Waals surface area contributed by atoms with E-state index < -0.39 is 0 Å². The second-order valence-corrected chi connectivity index (χ2v) is 4.97. The van der Waals surface area contributed by atoms with Crippen molar-refractivity contribution in [2.45, 2.75) is 32.4 Å². The molecule has 2 atom stereocenters. The van der Waals surface area contributed by atoms with Crippen molar-refractivity contribution in [1.29, 1.82) is 0 Å². The highest BCUT2D eigenvalue weighted by Crippen LogP contribution is 2.12. The van der Waals surface area contributed by atoms with E-state index in [4.69, 9.17) is 0 Å². The van der Waals surface area contributed by atoms with Gasteiger partial charge < -0.3 is 10.2 Å². The highest BCUT2D eigenvalue weighted by Gasteiger charge is 2.26. The number of halogens is 1. The molecule has 1 fully saturated rings. The van der Waals surface area contributed by atoms with Gasteiger partial charge in [0.05, 0.1) is 6.42 Å². The lowest BCUT2D eigenvalue weighted by Gasteiger charge is -2.37. The van der Waals surface area contributed by atoms with Crippen molar-refractivity contribution < 1.29 is 9.18 Å². The summed E-state index contributed by atoms with van der Waals surface area (Å²) < 4.78 is 13.5. The van der Waals surface area contributed by atoms with Crippen molar-refractivity contribution in [3.8, 4) is 0 Å². The molecule has 1 aliphatic rings. The summed E-state index contributed by atoms with van der Waals surface area (Å²) in [6.07, 6.45) is 0.143. The van der Waals surface area contributed by atoms with E-state index in [0.29, 0.717) is 18.2 Å². The van der Waals surface area contributed by atoms with Crippen LogP contribution in [0.5, 0.6) is 0 Å². The number of hydrogen-bond acceptors (Lipinski definition) is 2. The summed E-state index contributed by atoms with van der Waals surface area (Å²) in [5.74, 6) is -0.303. The Kier molecular flexibility index (Phi) is 3.97. The molecule has 0 saturated carbocycles. The Bertz CT molecular complexity index is 436. The Balaban J connectivity index is 2.05. The fourth-order valence-corrected chi connectivity index (χ4v) is 2.28. The summed E-state index contributed by atoms with van der Waals surface area (Å²) in [7, 11) is 0. The number of carbonyl (C=O) groups is 1. The summed E-state index contributed by atoms with van der Waals surface area (Å²) >= 11 is 0. The van der Waals surface area contributed by atoms with Crippen molar-refractivity contribution in [2.24, 2.45) is 0 Å². The van der Waals surface area contributed by atoms with Gasteiger partial charge in [-0.2, -0.15) is 0 Å². The molecule has 1 amide bonds. The van der Waals surface area contributed by atoms with Gasteiger partial charge in [-0.15, -0.1) is 0 Å². The van der Waals surface area contributed by atoms with Crippen LogP contribution in [0.3, 0.4) is 0 Å². The van der Waals surface area contributed by atoms with Crippen LogP contribution in [-0.4, -0.2) is 36.0 Å². The summed E-state index contributed by atoms with van der Waals surface area (Å²) in [6.45, 7) is 5.55. The minimum atomic E-state index is -0.304. The molecule has 2 unspecified atom stereocenters. The van der Waals surface area contributed by atoms with Gasteiger partial charge in [0, 0.05) is 25.2 Å². The number of nitrogens with zero attached hydrogens (tertiary/aromatic N) is 1. The third kappa shape index (κ3) is 2.88. The average Bonchev–Trinajstić information content (AvgIpc) is 2.35. The third-order valence-corrected chi connectivity index (χ3v) is 3.38. The molecule has 1 aromatic rings. The fourth-order valence-electron chi connectivity index (χ4n) is 2.28.